The third kappa shape index (κ3) is 9.20. The summed E-state index contributed by atoms with van der Waals surface area (Å²) in [5.74, 6) is 0. The molecule has 0 atom stereocenters. The highest BCUT2D eigenvalue weighted by Gasteiger charge is 2.31. The number of aryl methyl sites for hydroxylation is 4. The molecule has 0 unspecified atom stereocenters. The Morgan fingerprint density at radius 3 is 0.771 bits per heavy atom. The summed E-state index contributed by atoms with van der Waals surface area (Å²) >= 11 is 14.9. The Morgan fingerprint density at radius 2 is 0.562 bits per heavy atom. The van der Waals surface area contributed by atoms with Crippen molar-refractivity contribution in [3.8, 4) is 0 Å². The van der Waals surface area contributed by atoms with E-state index in [1.165, 1.54) is 172 Å². The van der Waals surface area contributed by atoms with Gasteiger partial charge in [0.1, 0.15) is 0 Å². The molecule has 1 aliphatic rings. The van der Waals surface area contributed by atoms with Gasteiger partial charge in [0.05, 0.1) is 10.8 Å². The molecule has 0 N–H and O–H groups in total. The molecule has 1 aliphatic carbocycles. The van der Waals surface area contributed by atoms with Crippen LogP contribution in [-0.2, 0) is 25.7 Å². The SMILES string of the molecule is CCCCCCc1cc2cc3c(cc2cc1CCCCCC)C(Cl)c1cc2cc(CCCCCC)c(CCCCCC)cc2cc1C3Cl. The molecule has 0 radical (unpaired) electrons. The van der Waals surface area contributed by atoms with Crippen molar-refractivity contribution in [2.75, 3.05) is 0 Å². The summed E-state index contributed by atoms with van der Waals surface area (Å²) in [4.78, 5) is 0. The molecule has 0 saturated carbocycles. The predicted octanol–water partition coefficient (Wildman–Crippen LogP) is 15.5. The van der Waals surface area contributed by atoms with E-state index in [-0.39, 0.29) is 10.8 Å². The lowest BCUT2D eigenvalue weighted by molar-refractivity contribution is 0.651. The van der Waals surface area contributed by atoms with Gasteiger partial charge in [-0.2, -0.15) is 0 Å². The first-order valence-corrected chi connectivity index (χ1v) is 20.8. The summed E-state index contributed by atoms with van der Waals surface area (Å²) in [6, 6.07) is 19.5. The van der Waals surface area contributed by atoms with Crippen LogP contribution in [0.1, 0.15) is 186 Å². The molecular weight excluding hydrogens is 623 g/mol. The maximum Gasteiger partial charge on any atom is 0.0842 e. The minimum atomic E-state index is -0.192. The minimum Gasteiger partial charge on any atom is -0.113 e. The van der Waals surface area contributed by atoms with Gasteiger partial charge in [-0.05, 0) is 142 Å². The fourth-order valence-corrected chi connectivity index (χ4v) is 8.83. The lowest BCUT2D eigenvalue weighted by atomic mass is 9.81. The lowest BCUT2D eigenvalue weighted by Crippen LogP contribution is -2.13. The maximum absolute atomic E-state index is 7.46. The Kier molecular flexibility index (Phi) is 14.6. The number of fused-ring (bicyclic) bond motifs is 4. The van der Waals surface area contributed by atoms with Crippen LogP contribution in [0, 0.1) is 0 Å². The van der Waals surface area contributed by atoms with E-state index in [9.17, 15) is 0 Å². The molecule has 2 heteroatoms. The molecule has 260 valence electrons. The number of halogens is 2. The zero-order chi connectivity index (χ0) is 33.9. The van der Waals surface area contributed by atoms with Crippen LogP contribution in [-0.4, -0.2) is 0 Å². The van der Waals surface area contributed by atoms with Gasteiger partial charge in [0.2, 0.25) is 0 Å². The van der Waals surface area contributed by atoms with Crippen molar-refractivity contribution < 1.29 is 0 Å². The van der Waals surface area contributed by atoms with Crippen LogP contribution in [0.25, 0.3) is 21.5 Å². The fraction of sp³-hybridized carbons (Fsp3) is 0.565. The van der Waals surface area contributed by atoms with Crippen molar-refractivity contribution in [2.24, 2.45) is 0 Å². The number of rotatable bonds is 20. The van der Waals surface area contributed by atoms with E-state index in [4.69, 9.17) is 23.2 Å². The number of hydrogen-bond acceptors (Lipinski definition) is 0. The molecular formula is C46H62Cl2. The van der Waals surface area contributed by atoms with Crippen LogP contribution in [0.3, 0.4) is 0 Å². The topological polar surface area (TPSA) is 0 Å². The number of hydrogen-bond donors (Lipinski definition) is 0. The van der Waals surface area contributed by atoms with E-state index in [0.717, 1.165) is 0 Å². The van der Waals surface area contributed by atoms with Crippen LogP contribution in [0.2, 0.25) is 0 Å². The quantitative estimate of drug-likeness (QED) is 0.0642. The summed E-state index contributed by atoms with van der Waals surface area (Å²) in [6.45, 7) is 9.19. The molecule has 0 aliphatic heterocycles. The Balaban J connectivity index is 1.50. The van der Waals surface area contributed by atoms with Crippen LogP contribution < -0.4 is 0 Å². The first kappa shape index (κ1) is 37.2. The molecule has 0 heterocycles. The van der Waals surface area contributed by atoms with Crippen LogP contribution in [0.5, 0.6) is 0 Å². The normalized spacial score (nSPS) is 15.7. The van der Waals surface area contributed by atoms with Gasteiger partial charge >= 0.3 is 0 Å². The van der Waals surface area contributed by atoms with Crippen LogP contribution >= 0.6 is 23.2 Å². The first-order valence-electron chi connectivity index (χ1n) is 20.0. The van der Waals surface area contributed by atoms with Crippen LogP contribution in [0.4, 0.5) is 0 Å². The van der Waals surface area contributed by atoms with Gasteiger partial charge in [-0.1, -0.05) is 129 Å². The predicted molar refractivity (Wildman–Crippen MR) is 215 cm³/mol. The second kappa shape index (κ2) is 18.8. The van der Waals surface area contributed by atoms with Crippen molar-refractivity contribution >= 4 is 44.7 Å². The summed E-state index contributed by atoms with van der Waals surface area (Å²) in [5.41, 5.74) is 10.9. The third-order valence-electron chi connectivity index (χ3n) is 11.0. The maximum atomic E-state index is 7.46. The highest BCUT2D eigenvalue weighted by molar-refractivity contribution is 6.27. The van der Waals surface area contributed by atoms with Crippen LogP contribution in [0.15, 0.2) is 48.5 Å². The van der Waals surface area contributed by atoms with E-state index in [1.807, 2.05) is 0 Å². The van der Waals surface area contributed by atoms with Gasteiger partial charge in [0, 0.05) is 0 Å². The Bertz CT molecular complexity index is 1380. The first-order chi connectivity index (χ1) is 23.5. The standard InChI is InChI=1S/C46H62Cl2/c1-5-9-13-17-21-33-25-37-29-41-42(30-38(37)26-34(33)22-18-14-10-6-2)46(48)44-32-40-28-36(24-20-16-12-8-4)35(23-19-15-11-7-3)27-39(40)31-43(44)45(41)47/h25-32,45-46H,5-24H2,1-4H3. The molecule has 5 rings (SSSR count). The molecule has 4 aromatic carbocycles. The van der Waals surface area contributed by atoms with Gasteiger partial charge in [-0.3, -0.25) is 0 Å². The summed E-state index contributed by atoms with van der Waals surface area (Å²) < 4.78 is 0. The van der Waals surface area contributed by atoms with E-state index >= 15 is 0 Å². The number of unbranched alkanes of at least 4 members (excludes halogenated alkanes) is 12. The molecule has 0 spiro atoms. The second-order valence-electron chi connectivity index (χ2n) is 14.9. The highest BCUT2D eigenvalue weighted by Crippen LogP contribution is 2.49. The third-order valence-corrected chi connectivity index (χ3v) is 12.0. The molecule has 0 nitrogen and oxygen atoms in total. The van der Waals surface area contributed by atoms with E-state index in [1.54, 1.807) is 22.3 Å². The lowest BCUT2D eigenvalue weighted by Gasteiger charge is -2.30. The van der Waals surface area contributed by atoms with Crippen molar-refractivity contribution in [1.29, 1.82) is 0 Å². The van der Waals surface area contributed by atoms with Crippen molar-refractivity contribution in [2.45, 2.75) is 167 Å². The Hall–Kier alpha value is -2.02. The van der Waals surface area contributed by atoms with Gasteiger partial charge in [0.15, 0.2) is 0 Å². The molecule has 48 heavy (non-hydrogen) atoms. The molecule has 0 saturated heterocycles. The van der Waals surface area contributed by atoms with E-state index in [2.05, 4.69) is 76.2 Å². The van der Waals surface area contributed by atoms with Gasteiger partial charge in [0.25, 0.3) is 0 Å². The fourth-order valence-electron chi connectivity index (χ4n) is 8.07. The van der Waals surface area contributed by atoms with E-state index < -0.39 is 0 Å². The van der Waals surface area contributed by atoms with Crippen molar-refractivity contribution in [1.82, 2.24) is 0 Å². The Labute approximate surface area is 303 Å². The minimum absolute atomic E-state index is 0.192. The monoisotopic (exact) mass is 684 g/mol. The molecule has 0 aromatic heterocycles. The van der Waals surface area contributed by atoms with Crippen molar-refractivity contribution in [3.63, 3.8) is 0 Å². The smallest absolute Gasteiger partial charge is 0.0842 e. The molecule has 0 amide bonds. The molecule has 0 fully saturated rings. The zero-order valence-electron chi connectivity index (χ0n) is 30.7. The average Bonchev–Trinajstić information content (AvgIpc) is 3.10. The summed E-state index contributed by atoms with van der Waals surface area (Å²) in [5, 5.41) is 4.88. The summed E-state index contributed by atoms with van der Waals surface area (Å²) in [6.07, 6.45) is 25.5. The summed E-state index contributed by atoms with van der Waals surface area (Å²) in [7, 11) is 0. The second-order valence-corrected chi connectivity index (χ2v) is 15.7. The Morgan fingerprint density at radius 1 is 0.333 bits per heavy atom. The van der Waals surface area contributed by atoms with Gasteiger partial charge in [-0.25, -0.2) is 0 Å². The number of alkyl halides is 2. The van der Waals surface area contributed by atoms with Gasteiger partial charge in [-0.15, -0.1) is 23.2 Å². The van der Waals surface area contributed by atoms with Gasteiger partial charge < -0.3 is 0 Å². The molecule has 4 aromatic rings. The number of benzene rings is 4. The molecule has 0 bridgehead atoms. The van der Waals surface area contributed by atoms with E-state index in [0.29, 0.717) is 0 Å². The largest absolute Gasteiger partial charge is 0.113 e. The average molecular weight is 686 g/mol. The highest BCUT2D eigenvalue weighted by atomic mass is 35.5. The zero-order valence-corrected chi connectivity index (χ0v) is 32.2. The van der Waals surface area contributed by atoms with Crippen molar-refractivity contribution in [3.05, 3.63) is 93.0 Å².